The van der Waals surface area contributed by atoms with Crippen LogP contribution in [-0.4, -0.2) is 21.7 Å². The predicted molar refractivity (Wildman–Crippen MR) is 106 cm³/mol. The topological polar surface area (TPSA) is 80.5 Å². The number of amides is 2. The van der Waals surface area contributed by atoms with Gasteiger partial charge in [-0.15, -0.1) is 0 Å². The van der Waals surface area contributed by atoms with Gasteiger partial charge in [0, 0.05) is 5.56 Å². The van der Waals surface area contributed by atoms with Crippen LogP contribution in [0.15, 0.2) is 82.0 Å². The summed E-state index contributed by atoms with van der Waals surface area (Å²) in [4.78, 5) is 43.4. The quantitative estimate of drug-likeness (QED) is 0.505. The van der Waals surface area contributed by atoms with Crippen molar-refractivity contribution in [1.29, 1.82) is 0 Å². The van der Waals surface area contributed by atoms with Gasteiger partial charge in [-0.2, -0.15) is 0 Å². The van der Waals surface area contributed by atoms with E-state index >= 15 is 0 Å². The molecule has 140 valence electrons. The molecule has 2 heterocycles. The molecule has 0 spiro atoms. The Morgan fingerprint density at radius 2 is 1.52 bits per heavy atom. The van der Waals surface area contributed by atoms with Crippen molar-refractivity contribution < 1.29 is 14.0 Å². The second-order valence-corrected chi connectivity index (χ2v) is 6.77. The zero-order chi connectivity index (χ0) is 20.0. The molecule has 0 unspecified atom stereocenters. The summed E-state index contributed by atoms with van der Waals surface area (Å²) in [5.74, 6) is -0.606. The smallest absolute Gasteiger partial charge is 0.347 e. The minimum atomic E-state index is -0.501. The number of imide groups is 1. The fourth-order valence-electron chi connectivity index (χ4n) is 3.48. The first-order valence-electron chi connectivity index (χ1n) is 9.06. The second kappa shape index (κ2) is 6.53. The van der Waals surface area contributed by atoms with Crippen molar-refractivity contribution >= 4 is 22.7 Å². The third kappa shape index (κ3) is 2.82. The Bertz CT molecular complexity index is 1340. The van der Waals surface area contributed by atoms with Crippen molar-refractivity contribution in [2.45, 2.75) is 6.54 Å². The third-order valence-corrected chi connectivity index (χ3v) is 4.94. The zero-order valence-electron chi connectivity index (χ0n) is 15.2. The van der Waals surface area contributed by atoms with Gasteiger partial charge in [0.25, 0.3) is 11.8 Å². The Morgan fingerprint density at radius 3 is 2.34 bits per heavy atom. The van der Waals surface area contributed by atoms with Crippen molar-refractivity contribution in [3.63, 3.8) is 0 Å². The van der Waals surface area contributed by atoms with Crippen LogP contribution in [0.2, 0.25) is 0 Å². The molecule has 2 amide bonds. The summed E-state index contributed by atoms with van der Waals surface area (Å²) in [7, 11) is 0. The molecule has 0 saturated heterocycles. The first-order valence-corrected chi connectivity index (χ1v) is 9.06. The highest BCUT2D eigenvalue weighted by Crippen LogP contribution is 2.29. The number of carbonyl (C=O) groups is 2. The molecule has 6 heteroatoms. The highest BCUT2D eigenvalue weighted by atomic mass is 16.4. The molecule has 3 aromatic carbocycles. The van der Waals surface area contributed by atoms with Crippen molar-refractivity contribution in [2.75, 3.05) is 0 Å². The number of rotatable bonds is 3. The average molecular weight is 382 g/mol. The number of aromatic nitrogens is 1. The molecule has 1 aliphatic rings. The number of fused-ring (bicyclic) bond motifs is 2. The molecular weight excluding hydrogens is 368 g/mol. The van der Waals surface area contributed by atoms with Crippen molar-refractivity contribution in [3.8, 4) is 11.5 Å². The van der Waals surface area contributed by atoms with Gasteiger partial charge in [-0.05, 0) is 35.9 Å². The van der Waals surface area contributed by atoms with Crippen molar-refractivity contribution in [1.82, 2.24) is 9.88 Å². The third-order valence-electron chi connectivity index (χ3n) is 4.94. The van der Waals surface area contributed by atoms with E-state index < -0.39 is 5.63 Å². The summed E-state index contributed by atoms with van der Waals surface area (Å²) < 4.78 is 5.34. The molecule has 0 radical (unpaired) electrons. The van der Waals surface area contributed by atoms with Gasteiger partial charge in [0.2, 0.25) is 5.89 Å². The van der Waals surface area contributed by atoms with Gasteiger partial charge in [-0.25, -0.2) is 9.78 Å². The fraction of sp³-hybridized carbons (Fsp3) is 0.0435. The summed E-state index contributed by atoms with van der Waals surface area (Å²) in [6.07, 6.45) is 0. The van der Waals surface area contributed by atoms with Crippen LogP contribution in [0.1, 0.15) is 26.3 Å². The van der Waals surface area contributed by atoms with E-state index in [1.165, 1.54) is 4.90 Å². The number of hydrogen-bond acceptors (Lipinski definition) is 5. The van der Waals surface area contributed by atoms with Gasteiger partial charge >= 0.3 is 5.63 Å². The zero-order valence-corrected chi connectivity index (χ0v) is 15.2. The lowest BCUT2D eigenvalue weighted by Gasteiger charge is -2.13. The molecule has 0 atom stereocenters. The molecule has 1 aliphatic heterocycles. The maximum absolute atomic E-state index is 12.9. The minimum absolute atomic E-state index is 0.109. The van der Waals surface area contributed by atoms with Crippen LogP contribution < -0.4 is 5.63 Å². The average Bonchev–Trinajstić information content (AvgIpc) is 2.99. The minimum Gasteiger partial charge on any atom is -0.403 e. The number of benzene rings is 3. The van der Waals surface area contributed by atoms with Crippen LogP contribution >= 0.6 is 0 Å². The summed E-state index contributed by atoms with van der Waals surface area (Å²) in [6.45, 7) is 0.200. The van der Waals surface area contributed by atoms with Crippen molar-refractivity contribution in [3.05, 3.63) is 99.9 Å². The summed E-state index contributed by atoms with van der Waals surface area (Å²) in [5.41, 5.74) is 1.95. The Balaban J connectivity index is 1.54. The van der Waals surface area contributed by atoms with Gasteiger partial charge < -0.3 is 4.42 Å². The molecule has 0 aliphatic carbocycles. The van der Waals surface area contributed by atoms with E-state index in [9.17, 15) is 14.4 Å². The van der Waals surface area contributed by atoms with E-state index in [-0.39, 0.29) is 29.8 Å². The monoisotopic (exact) mass is 382 g/mol. The molecule has 0 N–H and O–H groups in total. The fourth-order valence-corrected chi connectivity index (χ4v) is 3.48. The molecule has 0 fully saturated rings. The highest BCUT2D eigenvalue weighted by Gasteiger charge is 2.35. The lowest BCUT2D eigenvalue weighted by atomic mass is 10.1. The van der Waals surface area contributed by atoms with E-state index in [2.05, 4.69) is 4.98 Å². The molecule has 6 nitrogen and oxygen atoms in total. The summed E-state index contributed by atoms with van der Waals surface area (Å²) in [5, 5.41) is 0.387. The lowest BCUT2D eigenvalue weighted by Crippen LogP contribution is -2.29. The van der Waals surface area contributed by atoms with Crippen LogP contribution in [0.4, 0.5) is 0 Å². The molecule has 0 bridgehead atoms. The number of para-hydroxylation sites is 1. The normalized spacial score (nSPS) is 13.2. The van der Waals surface area contributed by atoms with Crippen LogP contribution in [0.5, 0.6) is 0 Å². The van der Waals surface area contributed by atoms with E-state index in [0.29, 0.717) is 22.0 Å². The Hall–Kier alpha value is -4.06. The lowest BCUT2D eigenvalue weighted by molar-refractivity contribution is 0.0642. The van der Waals surface area contributed by atoms with Gasteiger partial charge in [0.05, 0.1) is 28.6 Å². The van der Waals surface area contributed by atoms with Gasteiger partial charge in [0.15, 0.2) is 0 Å². The van der Waals surface area contributed by atoms with E-state index in [4.69, 9.17) is 4.42 Å². The molecule has 5 rings (SSSR count). The molecule has 29 heavy (non-hydrogen) atoms. The van der Waals surface area contributed by atoms with Crippen LogP contribution in [0.3, 0.4) is 0 Å². The number of nitrogens with zero attached hydrogens (tertiary/aromatic N) is 2. The number of carbonyl (C=O) groups excluding carboxylic acids is 2. The molecular formula is C23H14N2O4. The molecule has 1 aromatic heterocycles. The van der Waals surface area contributed by atoms with E-state index in [1.807, 2.05) is 30.3 Å². The van der Waals surface area contributed by atoms with Crippen molar-refractivity contribution in [2.24, 2.45) is 0 Å². The van der Waals surface area contributed by atoms with Crippen LogP contribution in [-0.2, 0) is 6.54 Å². The molecule has 0 saturated carbocycles. The Morgan fingerprint density at radius 1 is 0.793 bits per heavy atom. The number of hydrogen-bond donors (Lipinski definition) is 0. The summed E-state index contributed by atoms with van der Waals surface area (Å²) in [6, 6.07) is 21.0. The first-order chi connectivity index (χ1) is 14.1. The van der Waals surface area contributed by atoms with Gasteiger partial charge in [-0.1, -0.05) is 42.5 Å². The second-order valence-electron chi connectivity index (χ2n) is 6.77. The standard InChI is InChI=1S/C23H14N2O4/c26-21-16-11-10-15(20-24-19-9-5-4-8-17(19)23(28)29-20)12-18(16)22(27)25(21)13-14-6-2-1-3-7-14/h1-12H,13H2. The van der Waals surface area contributed by atoms with E-state index in [0.717, 1.165) is 5.56 Å². The Kier molecular flexibility index (Phi) is 3.84. The Labute approximate surface area is 165 Å². The highest BCUT2D eigenvalue weighted by molar-refractivity contribution is 6.21. The summed E-state index contributed by atoms with van der Waals surface area (Å²) >= 11 is 0. The van der Waals surface area contributed by atoms with Crippen LogP contribution in [0, 0.1) is 0 Å². The van der Waals surface area contributed by atoms with Gasteiger partial charge in [-0.3, -0.25) is 14.5 Å². The van der Waals surface area contributed by atoms with Gasteiger partial charge in [0.1, 0.15) is 0 Å². The first kappa shape index (κ1) is 17.1. The van der Waals surface area contributed by atoms with Crippen LogP contribution in [0.25, 0.3) is 22.4 Å². The maximum atomic E-state index is 12.9. The predicted octanol–water partition coefficient (Wildman–Crippen LogP) is 3.65. The largest absolute Gasteiger partial charge is 0.403 e. The SMILES string of the molecule is O=C1c2ccc(-c3nc4ccccc4c(=O)o3)cc2C(=O)N1Cc1ccccc1. The van der Waals surface area contributed by atoms with E-state index in [1.54, 1.807) is 42.5 Å². The molecule has 4 aromatic rings. The maximum Gasteiger partial charge on any atom is 0.347 e.